The molecule has 0 amide bonds. The van der Waals surface area contributed by atoms with E-state index in [0.717, 1.165) is 5.56 Å². The van der Waals surface area contributed by atoms with Crippen LogP contribution < -0.4 is 5.46 Å². The van der Waals surface area contributed by atoms with Gasteiger partial charge in [0.05, 0.1) is 0 Å². The first-order valence-electron chi connectivity index (χ1n) is 4.28. The number of rotatable bonds is 2. The largest absolute Gasteiger partial charge is 0.492 e. The highest BCUT2D eigenvalue weighted by Crippen LogP contribution is 2.20. The van der Waals surface area contributed by atoms with Crippen LogP contribution in [0.4, 0.5) is 4.39 Å². The van der Waals surface area contributed by atoms with Crippen molar-refractivity contribution in [1.29, 1.82) is 0 Å². The number of hydrogen-bond acceptors (Lipinski definition) is 2. The lowest BCUT2D eigenvalue weighted by molar-refractivity contribution is 0.422. The Kier molecular flexibility index (Phi) is 3.69. The first-order chi connectivity index (χ1) is 6.43. The van der Waals surface area contributed by atoms with E-state index in [-0.39, 0.29) is 11.4 Å². The number of hydrogen-bond donors (Lipinski definition) is 2. The molecular formula is C9H11BBrFO2. The molecule has 2 N–H and O–H groups in total. The van der Waals surface area contributed by atoms with Gasteiger partial charge in [-0.3, -0.25) is 0 Å². The zero-order valence-corrected chi connectivity index (χ0v) is 9.55. The summed E-state index contributed by atoms with van der Waals surface area (Å²) in [4.78, 5) is 0. The summed E-state index contributed by atoms with van der Waals surface area (Å²) in [5.41, 5.74) is 0.702. The Bertz CT molecular complexity index is 319. The van der Waals surface area contributed by atoms with Crippen LogP contribution in [0.3, 0.4) is 0 Å². The Hall–Kier alpha value is -0.385. The summed E-state index contributed by atoms with van der Waals surface area (Å²) in [6.45, 7) is 3.88. The summed E-state index contributed by atoms with van der Waals surface area (Å²) in [5.74, 6) is -0.399. The Morgan fingerprint density at radius 2 is 1.93 bits per heavy atom. The summed E-state index contributed by atoms with van der Waals surface area (Å²) in [5, 5.41) is 17.8. The van der Waals surface area contributed by atoms with E-state index in [0.29, 0.717) is 4.47 Å². The van der Waals surface area contributed by atoms with E-state index in [2.05, 4.69) is 15.9 Å². The van der Waals surface area contributed by atoms with E-state index in [4.69, 9.17) is 10.0 Å². The molecule has 0 aliphatic carbocycles. The fourth-order valence-corrected chi connectivity index (χ4v) is 1.84. The minimum atomic E-state index is -1.79. The van der Waals surface area contributed by atoms with Crippen molar-refractivity contribution in [3.63, 3.8) is 0 Å². The maximum absolute atomic E-state index is 13.4. The van der Waals surface area contributed by atoms with Crippen LogP contribution in [0, 0.1) is 5.82 Å². The molecule has 0 heterocycles. The molecule has 0 spiro atoms. The van der Waals surface area contributed by atoms with Crippen LogP contribution in [-0.4, -0.2) is 17.2 Å². The van der Waals surface area contributed by atoms with E-state index in [1.807, 2.05) is 13.8 Å². The van der Waals surface area contributed by atoms with Gasteiger partial charge in [0.15, 0.2) is 0 Å². The van der Waals surface area contributed by atoms with Gasteiger partial charge in [0.1, 0.15) is 5.82 Å². The third-order valence-corrected chi connectivity index (χ3v) is 2.68. The van der Waals surface area contributed by atoms with Gasteiger partial charge in [-0.1, -0.05) is 29.8 Å². The minimum Gasteiger partial charge on any atom is -0.423 e. The monoisotopic (exact) mass is 260 g/mol. The second-order valence-electron chi connectivity index (χ2n) is 3.43. The minimum absolute atomic E-state index is 0.116. The predicted molar refractivity (Wildman–Crippen MR) is 58.0 cm³/mol. The average molecular weight is 261 g/mol. The van der Waals surface area contributed by atoms with Gasteiger partial charge in [0.25, 0.3) is 0 Å². The molecular weight excluding hydrogens is 250 g/mol. The highest BCUT2D eigenvalue weighted by molar-refractivity contribution is 9.10. The Morgan fingerprint density at radius 1 is 1.36 bits per heavy atom. The molecule has 0 fully saturated rings. The maximum atomic E-state index is 13.4. The first kappa shape index (κ1) is 11.7. The molecule has 0 aliphatic heterocycles. The highest BCUT2D eigenvalue weighted by atomic mass is 79.9. The molecule has 76 valence electrons. The molecule has 0 bridgehead atoms. The van der Waals surface area contributed by atoms with Crippen molar-refractivity contribution >= 4 is 28.5 Å². The Morgan fingerprint density at radius 3 is 2.29 bits per heavy atom. The van der Waals surface area contributed by atoms with Crippen molar-refractivity contribution in [2.24, 2.45) is 0 Å². The molecule has 14 heavy (non-hydrogen) atoms. The molecule has 1 aromatic rings. The predicted octanol–water partition coefficient (Wildman–Crippen LogP) is 1.39. The normalized spacial score (nSPS) is 10.8. The van der Waals surface area contributed by atoms with Crippen molar-refractivity contribution < 1.29 is 14.4 Å². The fourth-order valence-electron chi connectivity index (χ4n) is 1.18. The molecule has 2 nitrogen and oxygen atoms in total. The molecule has 5 heteroatoms. The molecule has 0 saturated heterocycles. The Balaban J connectivity index is 3.25. The fraction of sp³-hybridized carbons (Fsp3) is 0.333. The zero-order chi connectivity index (χ0) is 10.9. The van der Waals surface area contributed by atoms with Crippen LogP contribution in [0.25, 0.3) is 0 Å². The summed E-state index contributed by atoms with van der Waals surface area (Å²) in [6.07, 6.45) is 0. The van der Waals surface area contributed by atoms with Gasteiger partial charge in [-0.2, -0.15) is 0 Å². The number of halogens is 2. The van der Waals surface area contributed by atoms with Crippen molar-refractivity contribution in [3.05, 3.63) is 28.0 Å². The van der Waals surface area contributed by atoms with Gasteiger partial charge < -0.3 is 10.0 Å². The van der Waals surface area contributed by atoms with Gasteiger partial charge in [-0.25, -0.2) is 4.39 Å². The van der Waals surface area contributed by atoms with Crippen LogP contribution in [0.1, 0.15) is 25.3 Å². The van der Waals surface area contributed by atoms with E-state index >= 15 is 0 Å². The van der Waals surface area contributed by atoms with E-state index in [9.17, 15) is 4.39 Å². The first-order valence-corrected chi connectivity index (χ1v) is 5.07. The molecule has 0 saturated carbocycles. The summed E-state index contributed by atoms with van der Waals surface area (Å²) < 4.78 is 13.8. The lowest BCUT2D eigenvalue weighted by Gasteiger charge is -2.10. The zero-order valence-electron chi connectivity index (χ0n) is 7.96. The average Bonchev–Trinajstić information content (AvgIpc) is 2.01. The molecule has 1 aromatic carbocycles. The van der Waals surface area contributed by atoms with E-state index < -0.39 is 12.9 Å². The third kappa shape index (κ3) is 2.35. The summed E-state index contributed by atoms with van der Waals surface area (Å²) >= 11 is 3.11. The lowest BCUT2D eigenvalue weighted by Crippen LogP contribution is -2.34. The van der Waals surface area contributed by atoms with Gasteiger partial charge in [-0.15, -0.1) is 0 Å². The van der Waals surface area contributed by atoms with Crippen molar-refractivity contribution in [2.75, 3.05) is 0 Å². The van der Waals surface area contributed by atoms with Gasteiger partial charge >= 0.3 is 7.12 Å². The molecule has 0 aromatic heterocycles. The van der Waals surface area contributed by atoms with Crippen LogP contribution in [0.2, 0.25) is 0 Å². The number of benzene rings is 1. The van der Waals surface area contributed by atoms with E-state index in [1.165, 1.54) is 6.07 Å². The molecule has 0 atom stereocenters. The lowest BCUT2D eigenvalue weighted by atomic mass is 9.79. The molecule has 1 rings (SSSR count). The van der Waals surface area contributed by atoms with Crippen LogP contribution in [0.5, 0.6) is 0 Å². The van der Waals surface area contributed by atoms with Gasteiger partial charge in [0.2, 0.25) is 0 Å². The van der Waals surface area contributed by atoms with Gasteiger partial charge in [0, 0.05) is 9.94 Å². The quantitative estimate of drug-likeness (QED) is 0.790. The topological polar surface area (TPSA) is 40.5 Å². The highest BCUT2D eigenvalue weighted by Gasteiger charge is 2.21. The van der Waals surface area contributed by atoms with Crippen molar-refractivity contribution in [2.45, 2.75) is 19.8 Å². The Labute approximate surface area is 91.0 Å². The van der Waals surface area contributed by atoms with Crippen LogP contribution in [0.15, 0.2) is 16.6 Å². The van der Waals surface area contributed by atoms with Crippen molar-refractivity contribution in [3.8, 4) is 0 Å². The van der Waals surface area contributed by atoms with Crippen molar-refractivity contribution in [1.82, 2.24) is 0 Å². The summed E-state index contributed by atoms with van der Waals surface area (Å²) in [7, 11) is -1.79. The smallest absolute Gasteiger partial charge is 0.423 e. The molecule has 0 unspecified atom stereocenters. The standard InChI is InChI=1S/C9H11BBrFO2/c1-5(2)6-3-7(11)9(10(13)14)8(12)4-6/h3-5,13-14H,1-2H3. The van der Waals surface area contributed by atoms with E-state index in [1.54, 1.807) is 6.07 Å². The summed E-state index contributed by atoms with van der Waals surface area (Å²) in [6, 6.07) is 3.02. The second-order valence-corrected chi connectivity index (χ2v) is 4.28. The van der Waals surface area contributed by atoms with Crippen LogP contribution in [-0.2, 0) is 0 Å². The molecule has 0 radical (unpaired) electrons. The maximum Gasteiger partial charge on any atom is 0.492 e. The third-order valence-electron chi connectivity index (χ3n) is 2.03. The SMILES string of the molecule is CC(C)c1cc(F)c(B(O)O)c(Br)c1. The van der Waals surface area contributed by atoms with Gasteiger partial charge in [-0.05, 0) is 23.6 Å². The molecule has 0 aliphatic rings. The van der Waals surface area contributed by atoms with Crippen LogP contribution >= 0.6 is 15.9 Å². The second kappa shape index (κ2) is 4.42.